The summed E-state index contributed by atoms with van der Waals surface area (Å²) in [4.78, 5) is 12.3. The highest BCUT2D eigenvalue weighted by atomic mass is 19.2. The number of ketones is 1. The van der Waals surface area contributed by atoms with Crippen LogP contribution in [0.2, 0.25) is 0 Å². The van der Waals surface area contributed by atoms with Crippen molar-refractivity contribution in [3.8, 4) is 5.75 Å². The summed E-state index contributed by atoms with van der Waals surface area (Å²) in [6, 6.07) is 9.81. The third-order valence-corrected chi connectivity index (χ3v) is 2.68. The second-order valence-corrected chi connectivity index (χ2v) is 4.62. The number of ether oxygens (including phenoxy) is 1. The largest absolute Gasteiger partial charge is 0.490 e. The number of halogens is 2. The van der Waals surface area contributed by atoms with Crippen LogP contribution in [0.25, 0.3) is 0 Å². The van der Waals surface area contributed by atoms with E-state index in [0.717, 1.165) is 12.1 Å². The number of carbonyl (C=O) groups is 1. The van der Waals surface area contributed by atoms with Crippen LogP contribution in [0.15, 0.2) is 42.5 Å². The summed E-state index contributed by atoms with van der Waals surface area (Å²) in [5.74, 6) is -2.00. The number of hydrogen-bond acceptors (Lipinski definition) is 2. The Morgan fingerprint density at radius 1 is 1.05 bits per heavy atom. The summed E-state index contributed by atoms with van der Waals surface area (Å²) in [5.41, 5.74) is 0.413. The first kappa shape index (κ1) is 14.2. The van der Waals surface area contributed by atoms with E-state index in [4.69, 9.17) is 4.74 Å². The fraction of sp³-hybridized carbons (Fsp3) is 0.188. The van der Waals surface area contributed by atoms with Gasteiger partial charge in [0.2, 0.25) is 0 Å². The Kier molecular flexibility index (Phi) is 4.13. The highest BCUT2D eigenvalue weighted by Crippen LogP contribution is 2.23. The van der Waals surface area contributed by atoms with Crippen LogP contribution in [0.3, 0.4) is 0 Å². The molecule has 2 aromatic rings. The van der Waals surface area contributed by atoms with Crippen molar-refractivity contribution >= 4 is 5.78 Å². The lowest BCUT2D eigenvalue weighted by Gasteiger charge is -2.13. The van der Waals surface area contributed by atoms with Gasteiger partial charge in [0.25, 0.3) is 0 Å². The summed E-state index contributed by atoms with van der Waals surface area (Å²) in [6.45, 7) is 3.69. The number of rotatable bonds is 4. The fourth-order valence-corrected chi connectivity index (χ4v) is 1.80. The highest BCUT2D eigenvalue weighted by molar-refractivity contribution is 6.10. The molecule has 20 heavy (non-hydrogen) atoms. The molecule has 2 aromatic carbocycles. The van der Waals surface area contributed by atoms with Gasteiger partial charge in [-0.05, 0) is 44.2 Å². The molecule has 0 atom stereocenters. The van der Waals surface area contributed by atoms with Gasteiger partial charge < -0.3 is 4.74 Å². The van der Waals surface area contributed by atoms with Crippen LogP contribution in [0.4, 0.5) is 8.78 Å². The van der Waals surface area contributed by atoms with E-state index in [1.165, 1.54) is 6.07 Å². The smallest absolute Gasteiger partial charge is 0.196 e. The molecule has 2 nitrogen and oxygen atoms in total. The third-order valence-electron chi connectivity index (χ3n) is 2.68. The number of hydrogen-bond donors (Lipinski definition) is 0. The zero-order chi connectivity index (χ0) is 14.7. The molecule has 0 aliphatic carbocycles. The van der Waals surface area contributed by atoms with Crippen molar-refractivity contribution in [1.82, 2.24) is 0 Å². The highest BCUT2D eigenvalue weighted by Gasteiger charge is 2.16. The molecule has 0 aliphatic heterocycles. The van der Waals surface area contributed by atoms with Gasteiger partial charge in [-0.25, -0.2) is 8.78 Å². The van der Waals surface area contributed by atoms with E-state index in [0.29, 0.717) is 11.3 Å². The molecule has 0 radical (unpaired) electrons. The topological polar surface area (TPSA) is 26.3 Å². The number of benzene rings is 2. The van der Waals surface area contributed by atoms with Crippen LogP contribution < -0.4 is 4.74 Å². The average Bonchev–Trinajstić information content (AvgIpc) is 2.41. The molecule has 104 valence electrons. The molecule has 0 N–H and O–H groups in total. The predicted molar refractivity (Wildman–Crippen MR) is 72.0 cm³/mol. The van der Waals surface area contributed by atoms with E-state index in [9.17, 15) is 13.6 Å². The van der Waals surface area contributed by atoms with E-state index in [1.54, 1.807) is 24.3 Å². The molecule has 4 heteroatoms. The SMILES string of the molecule is CC(C)Oc1ccccc1C(=O)c1ccc(F)c(F)c1. The van der Waals surface area contributed by atoms with Crippen molar-refractivity contribution in [3.63, 3.8) is 0 Å². The number of para-hydroxylation sites is 1. The summed E-state index contributed by atoms with van der Waals surface area (Å²) in [7, 11) is 0. The van der Waals surface area contributed by atoms with Crippen molar-refractivity contribution in [3.05, 3.63) is 65.2 Å². The monoisotopic (exact) mass is 276 g/mol. The van der Waals surface area contributed by atoms with Gasteiger partial charge in [0.05, 0.1) is 11.7 Å². The summed E-state index contributed by atoms with van der Waals surface area (Å²) in [6.07, 6.45) is -0.0890. The molecule has 0 aliphatic rings. The molecular weight excluding hydrogens is 262 g/mol. The van der Waals surface area contributed by atoms with E-state index >= 15 is 0 Å². The molecule has 0 aromatic heterocycles. The lowest BCUT2D eigenvalue weighted by molar-refractivity contribution is 0.103. The first-order valence-corrected chi connectivity index (χ1v) is 6.24. The Balaban J connectivity index is 2.40. The Labute approximate surface area is 116 Å². The lowest BCUT2D eigenvalue weighted by atomic mass is 10.0. The number of carbonyl (C=O) groups excluding carboxylic acids is 1. The zero-order valence-corrected chi connectivity index (χ0v) is 11.2. The van der Waals surface area contributed by atoms with Crippen molar-refractivity contribution in [2.24, 2.45) is 0 Å². The van der Waals surface area contributed by atoms with E-state index in [1.807, 2.05) is 13.8 Å². The standard InChI is InChI=1S/C16H14F2O2/c1-10(2)20-15-6-4-3-5-12(15)16(19)11-7-8-13(17)14(18)9-11/h3-10H,1-2H3. The second kappa shape index (κ2) is 5.82. The van der Waals surface area contributed by atoms with Crippen LogP contribution in [0.5, 0.6) is 5.75 Å². The predicted octanol–water partition coefficient (Wildman–Crippen LogP) is 3.98. The molecule has 0 unspecified atom stereocenters. The van der Waals surface area contributed by atoms with Gasteiger partial charge in [-0.15, -0.1) is 0 Å². The maximum Gasteiger partial charge on any atom is 0.196 e. The van der Waals surface area contributed by atoms with E-state index in [2.05, 4.69) is 0 Å². The minimum absolute atomic E-state index is 0.0868. The van der Waals surface area contributed by atoms with Gasteiger partial charge in [0.1, 0.15) is 5.75 Å². The quantitative estimate of drug-likeness (QED) is 0.789. The van der Waals surface area contributed by atoms with Crippen LogP contribution in [-0.2, 0) is 0 Å². The van der Waals surface area contributed by atoms with Crippen LogP contribution in [-0.4, -0.2) is 11.9 Å². The maximum absolute atomic E-state index is 13.2. The van der Waals surface area contributed by atoms with Crippen molar-refractivity contribution in [1.29, 1.82) is 0 Å². The molecule has 2 rings (SSSR count). The van der Waals surface area contributed by atoms with Crippen molar-refractivity contribution in [2.45, 2.75) is 20.0 Å². The van der Waals surface area contributed by atoms with E-state index < -0.39 is 17.4 Å². The minimum Gasteiger partial charge on any atom is -0.490 e. The molecule has 0 bridgehead atoms. The summed E-state index contributed by atoms with van der Waals surface area (Å²) < 4.78 is 31.7. The Morgan fingerprint density at radius 3 is 2.40 bits per heavy atom. The van der Waals surface area contributed by atoms with Gasteiger partial charge in [0.15, 0.2) is 17.4 Å². The van der Waals surface area contributed by atoms with E-state index in [-0.39, 0.29) is 11.7 Å². The van der Waals surface area contributed by atoms with Gasteiger partial charge in [-0.1, -0.05) is 12.1 Å². The Morgan fingerprint density at radius 2 is 1.75 bits per heavy atom. The lowest BCUT2D eigenvalue weighted by Crippen LogP contribution is -2.11. The molecule has 0 fully saturated rings. The van der Waals surface area contributed by atoms with Crippen LogP contribution in [0.1, 0.15) is 29.8 Å². The molecule has 0 amide bonds. The third kappa shape index (κ3) is 3.02. The molecule has 0 heterocycles. The maximum atomic E-state index is 13.2. The normalized spacial score (nSPS) is 10.7. The minimum atomic E-state index is -1.04. The van der Waals surface area contributed by atoms with Crippen molar-refractivity contribution < 1.29 is 18.3 Å². The van der Waals surface area contributed by atoms with Gasteiger partial charge in [-0.2, -0.15) is 0 Å². The van der Waals surface area contributed by atoms with Crippen LogP contribution >= 0.6 is 0 Å². The Hall–Kier alpha value is -2.23. The molecule has 0 saturated carbocycles. The second-order valence-electron chi connectivity index (χ2n) is 4.62. The first-order valence-electron chi connectivity index (χ1n) is 6.24. The average molecular weight is 276 g/mol. The zero-order valence-electron chi connectivity index (χ0n) is 11.2. The summed E-state index contributed by atoms with van der Waals surface area (Å²) >= 11 is 0. The molecule has 0 saturated heterocycles. The molecule has 0 spiro atoms. The van der Waals surface area contributed by atoms with Crippen molar-refractivity contribution in [2.75, 3.05) is 0 Å². The first-order chi connectivity index (χ1) is 9.49. The van der Waals surface area contributed by atoms with Crippen LogP contribution in [0, 0.1) is 11.6 Å². The van der Waals surface area contributed by atoms with Gasteiger partial charge >= 0.3 is 0 Å². The van der Waals surface area contributed by atoms with Gasteiger partial charge in [-0.3, -0.25) is 4.79 Å². The Bertz CT molecular complexity index is 636. The summed E-state index contributed by atoms with van der Waals surface area (Å²) in [5, 5.41) is 0. The fourth-order valence-electron chi connectivity index (χ4n) is 1.80. The van der Waals surface area contributed by atoms with Gasteiger partial charge in [0, 0.05) is 5.56 Å². The molecular formula is C16H14F2O2.